The van der Waals surface area contributed by atoms with E-state index in [9.17, 15) is 4.79 Å². The summed E-state index contributed by atoms with van der Waals surface area (Å²) in [6.07, 6.45) is 3.04. The molecule has 0 aliphatic heterocycles. The summed E-state index contributed by atoms with van der Waals surface area (Å²) in [5.74, 6) is -0.161. The number of amides is 1. The van der Waals surface area contributed by atoms with Crippen molar-refractivity contribution in [2.45, 2.75) is 6.54 Å². The van der Waals surface area contributed by atoms with Crippen molar-refractivity contribution in [3.8, 4) is 11.3 Å². The van der Waals surface area contributed by atoms with Gasteiger partial charge in [0.1, 0.15) is 0 Å². The lowest BCUT2D eigenvalue weighted by Gasteiger charge is -2.05. The molecule has 0 aliphatic carbocycles. The van der Waals surface area contributed by atoms with Crippen molar-refractivity contribution in [2.24, 2.45) is 7.05 Å². The summed E-state index contributed by atoms with van der Waals surface area (Å²) < 4.78 is 1.83. The molecule has 0 radical (unpaired) electrons. The lowest BCUT2D eigenvalue weighted by Crippen LogP contribution is -2.19. The Balaban J connectivity index is 2.08. The fraction of sp³-hybridized carbons (Fsp3) is 0.143. The number of aryl methyl sites for hydroxylation is 1. The van der Waals surface area contributed by atoms with Crippen LogP contribution in [0.2, 0.25) is 0 Å². The van der Waals surface area contributed by atoms with E-state index >= 15 is 0 Å². The molecule has 18 heavy (non-hydrogen) atoms. The second kappa shape index (κ2) is 5.31. The Morgan fingerprint density at radius 2 is 2.11 bits per heavy atom. The number of benzene rings is 1. The molecule has 1 N–H and O–H groups in total. The van der Waals surface area contributed by atoms with Crippen LogP contribution in [0.25, 0.3) is 11.3 Å². The average molecular weight is 241 g/mol. The molecule has 2 rings (SSSR count). The number of rotatable bonds is 4. The Labute approximate surface area is 106 Å². The van der Waals surface area contributed by atoms with E-state index in [1.165, 1.54) is 6.08 Å². The highest BCUT2D eigenvalue weighted by molar-refractivity contribution is 5.86. The fourth-order valence-corrected chi connectivity index (χ4v) is 1.71. The van der Waals surface area contributed by atoms with Crippen LogP contribution in [-0.2, 0) is 18.4 Å². The zero-order valence-corrected chi connectivity index (χ0v) is 10.3. The van der Waals surface area contributed by atoms with Crippen molar-refractivity contribution >= 4 is 5.91 Å². The van der Waals surface area contributed by atoms with Crippen molar-refractivity contribution in [1.82, 2.24) is 15.1 Å². The highest BCUT2D eigenvalue weighted by Gasteiger charge is 2.02. The Morgan fingerprint density at radius 3 is 2.67 bits per heavy atom. The second-order valence-corrected chi connectivity index (χ2v) is 3.96. The molecule has 1 aromatic heterocycles. The van der Waals surface area contributed by atoms with Crippen LogP contribution < -0.4 is 5.32 Å². The van der Waals surface area contributed by atoms with Gasteiger partial charge < -0.3 is 5.32 Å². The smallest absolute Gasteiger partial charge is 0.243 e. The minimum Gasteiger partial charge on any atom is -0.348 e. The summed E-state index contributed by atoms with van der Waals surface area (Å²) in [7, 11) is 1.91. The molecule has 4 nitrogen and oxygen atoms in total. The number of hydrogen-bond donors (Lipinski definition) is 1. The molecule has 1 amide bonds. The summed E-state index contributed by atoms with van der Waals surface area (Å²) in [5.41, 5.74) is 3.22. The fourth-order valence-electron chi connectivity index (χ4n) is 1.71. The van der Waals surface area contributed by atoms with Crippen molar-refractivity contribution in [1.29, 1.82) is 0 Å². The van der Waals surface area contributed by atoms with Gasteiger partial charge in [-0.15, -0.1) is 0 Å². The number of aromatic nitrogens is 2. The molecule has 0 atom stereocenters. The van der Waals surface area contributed by atoms with Crippen molar-refractivity contribution in [3.63, 3.8) is 0 Å². The summed E-state index contributed by atoms with van der Waals surface area (Å²) in [6.45, 7) is 3.92. The van der Waals surface area contributed by atoms with Gasteiger partial charge in [-0.2, -0.15) is 5.10 Å². The van der Waals surface area contributed by atoms with Gasteiger partial charge in [0.25, 0.3) is 0 Å². The van der Waals surface area contributed by atoms with Gasteiger partial charge in [-0.3, -0.25) is 9.48 Å². The Kier molecular flexibility index (Phi) is 3.57. The van der Waals surface area contributed by atoms with E-state index in [1.807, 2.05) is 42.1 Å². The van der Waals surface area contributed by atoms with Gasteiger partial charge in [0.05, 0.1) is 5.69 Å². The van der Waals surface area contributed by atoms with Crippen LogP contribution >= 0.6 is 0 Å². The van der Waals surface area contributed by atoms with E-state index in [2.05, 4.69) is 17.0 Å². The third-order valence-corrected chi connectivity index (χ3v) is 2.72. The molecule has 4 heteroatoms. The summed E-state index contributed by atoms with van der Waals surface area (Å²) in [6, 6.07) is 9.99. The minimum atomic E-state index is -0.161. The molecule has 2 aromatic rings. The second-order valence-electron chi connectivity index (χ2n) is 3.96. The largest absolute Gasteiger partial charge is 0.348 e. The lowest BCUT2D eigenvalue weighted by atomic mass is 10.1. The summed E-state index contributed by atoms with van der Waals surface area (Å²) in [4.78, 5) is 11.0. The molecule has 1 aromatic carbocycles. The topological polar surface area (TPSA) is 46.9 Å². The number of nitrogens with one attached hydrogen (secondary N) is 1. The zero-order chi connectivity index (χ0) is 13.0. The Hall–Kier alpha value is -2.36. The van der Waals surface area contributed by atoms with Gasteiger partial charge in [-0.25, -0.2) is 0 Å². The molecule has 0 aliphatic rings. The van der Waals surface area contributed by atoms with Gasteiger partial charge in [0.2, 0.25) is 5.91 Å². The van der Waals surface area contributed by atoms with Crippen LogP contribution in [0, 0.1) is 0 Å². The molecule has 0 spiro atoms. The average Bonchev–Trinajstić information content (AvgIpc) is 2.83. The molecule has 92 valence electrons. The van der Waals surface area contributed by atoms with Crippen molar-refractivity contribution < 1.29 is 4.79 Å². The first-order valence-corrected chi connectivity index (χ1v) is 5.68. The predicted molar refractivity (Wildman–Crippen MR) is 70.7 cm³/mol. The van der Waals surface area contributed by atoms with E-state index in [0.29, 0.717) is 6.54 Å². The van der Waals surface area contributed by atoms with Gasteiger partial charge in [0.15, 0.2) is 0 Å². The Morgan fingerprint density at radius 1 is 1.39 bits per heavy atom. The third-order valence-electron chi connectivity index (χ3n) is 2.72. The molecular weight excluding hydrogens is 226 g/mol. The number of carbonyl (C=O) groups excluding carboxylic acids is 1. The third kappa shape index (κ3) is 2.66. The first-order chi connectivity index (χ1) is 8.70. The maximum atomic E-state index is 11.0. The quantitative estimate of drug-likeness (QED) is 0.831. The van der Waals surface area contributed by atoms with Gasteiger partial charge in [-0.05, 0) is 23.3 Å². The monoisotopic (exact) mass is 241 g/mol. The SMILES string of the molecule is C=CC(=O)NCc1ccc(-c2ccnn2C)cc1. The van der Waals surface area contributed by atoms with E-state index in [0.717, 1.165) is 16.8 Å². The lowest BCUT2D eigenvalue weighted by molar-refractivity contribution is -0.116. The van der Waals surface area contributed by atoms with Crippen LogP contribution in [0.1, 0.15) is 5.56 Å². The minimum absolute atomic E-state index is 0.161. The van der Waals surface area contributed by atoms with Crippen LogP contribution in [-0.4, -0.2) is 15.7 Å². The van der Waals surface area contributed by atoms with E-state index < -0.39 is 0 Å². The highest BCUT2D eigenvalue weighted by atomic mass is 16.1. The van der Waals surface area contributed by atoms with Gasteiger partial charge in [-0.1, -0.05) is 30.8 Å². The standard InChI is InChI=1S/C14H15N3O/c1-3-14(18)15-10-11-4-6-12(7-5-11)13-8-9-16-17(13)2/h3-9H,1,10H2,2H3,(H,15,18). The van der Waals surface area contributed by atoms with Gasteiger partial charge >= 0.3 is 0 Å². The maximum Gasteiger partial charge on any atom is 0.243 e. The normalized spacial score (nSPS) is 10.1. The molecule has 0 saturated heterocycles. The maximum absolute atomic E-state index is 11.0. The summed E-state index contributed by atoms with van der Waals surface area (Å²) in [5, 5.41) is 6.87. The van der Waals surface area contributed by atoms with Gasteiger partial charge in [0, 0.05) is 19.8 Å². The molecule has 0 fully saturated rings. The van der Waals surface area contributed by atoms with Crippen LogP contribution in [0.4, 0.5) is 0 Å². The van der Waals surface area contributed by atoms with Crippen LogP contribution in [0.15, 0.2) is 49.2 Å². The number of carbonyl (C=O) groups is 1. The predicted octanol–water partition coefficient (Wildman–Crippen LogP) is 1.89. The molecule has 0 unspecified atom stereocenters. The van der Waals surface area contributed by atoms with Crippen molar-refractivity contribution in [3.05, 3.63) is 54.7 Å². The van der Waals surface area contributed by atoms with Crippen LogP contribution in [0.5, 0.6) is 0 Å². The van der Waals surface area contributed by atoms with Crippen molar-refractivity contribution in [2.75, 3.05) is 0 Å². The highest BCUT2D eigenvalue weighted by Crippen LogP contribution is 2.18. The first-order valence-electron chi connectivity index (χ1n) is 5.68. The summed E-state index contributed by atoms with van der Waals surface area (Å²) >= 11 is 0. The van der Waals surface area contributed by atoms with E-state index in [-0.39, 0.29) is 5.91 Å². The van der Waals surface area contributed by atoms with E-state index in [1.54, 1.807) is 6.20 Å². The number of nitrogens with zero attached hydrogens (tertiary/aromatic N) is 2. The molecular formula is C14H15N3O. The first kappa shape index (κ1) is 12.1. The molecule has 0 saturated carbocycles. The number of hydrogen-bond acceptors (Lipinski definition) is 2. The Bertz CT molecular complexity index is 555. The molecule has 0 bridgehead atoms. The van der Waals surface area contributed by atoms with E-state index in [4.69, 9.17) is 0 Å². The molecule has 1 heterocycles. The zero-order valence-electron chi connectivity index (χ0n) is 10.3. The van der Waals surface area contributed by atoms with Crippen LogP contribution in [0.3, 0.4) is 0 Å².